The predicted octanol–water partition coefficient (Wildman–Crippen LogP) is 1.47. The van der Waals surface area contributed by atoms with Crippen molar-refractivity contribution in [3.05, 3.63) is 0 Å². The van der Waals surface area contributed by atoms with Gasteiger partial charge in [0, 0.05) is 14.7 Å². The smallest absolute Gasteiger partial charge is 0.411 e. The van der Waals surface area contributed by atoms with Gasteiger partial charge in [0.2, 0.25) is 0 Å². The van der Waals surface area contributed by atoms with E-state index in [0.29, 0.717) is 0 Å². The van der Waals surface area contributed by atoms with Gasteiger partial charge >= 0.3 is 12.1 Å². The number of carboxylic acids is 1. The van der Waals surface area contributed by atoms with Gasteiger partial charge in [-0.2, -0.15) is 0 Å². The van der Waals surface area contributed by atoms with E-state index in [-0.39, 0.29) is 4.90 Å². The molecule has 1 atom stereocenters. The van der Waals surface area contributed by atoms with Gasteiger partial charge in [0.25, 0.3) is 0 Å². The summed E-state index contributed by atoms with van der Waals surface area (Å²) in [6.45, 7) is 1.22. The van der Waals surface area contributed by atoms with Crippen LogP contribution in [0.2, 0.25) is 0 Å². The Kier molecular flexibility index (Phi) is 1.56. The molecule has 0 aromatic carbocycles. The molecule has 5 nitrogen and oxygen atoms in total. The Balaban J connectivity index is 3.40. The third-order valence-corrected chi connectivity index (χ3v) is 1.47. The molecule has 0 saturated carbocycles. The van der Waals surface area contributed by atoms with Crippen LogP contribution in [0.25, 0.3) is 0 Å². The van der Waals surface area contributed by atoms with E-state index in [9.17, 15) is 9.59 Å². The van der Waals surface area contributed by atoms with Gasteiger partial charge < -0.3 is 9.84 Å². The van der Waals surface area contributed by atoms with E-state index < -0.39 is 42.9 Å². The number of carboxylic acid groups (broad SMARTS) is 1. The maximum atomic E-state index is 12.0. The van der Waals surface area contributed by atoms with Crippen molar-refractivity contribution in [2.45, 2.75) is 45.2 Å². The molecule has 1 aliphatic heterocycles. The number of amides is 1. The fourth-order valence-electron chi connectivity index (χ4n) is 0.924. The monoisotopic (exact) mass is 221 g/mol. The van der Waals surface area contributed by atoms with E-state index in [1.54, 1.807) is 0 Å². The van der Waals surface area contributed by atoms with Gasteiger partial charge in [-0.3, -0.25) is 4.90 Å². The summed E-state index contributed by atoms with van der Waals surface area (Å²) in [7, 11) is 0. The molecular weight excluding hydrogens is 198 g/mol. The highest BCUT2D eigenvalue weighted by molar-refractivity contribution is 5.80. The van der Waals surface area contributed by atoms with Crippen LogP contribution in [-0.2, 0) is 9.53 Å². The van der Waals surface area contributed by atoms with Crippen LogP contribution in [-0.4, -0.2) is 40.2 Å². The highest BCUT2D eigenvalue weighted by atomic mass is 16.6. The molecule has 5 heteroatoms. The van der Waals surface area contributed by atoms with Crippen molar-refractivity contribution in [2.24, 2.45) is 0 Å². The fourth-order valence-corrected chi connectivity index (χ4v) is 0.924. The van der Waals surface area contributed by atoms with Gasteiger partial charge in [-0.05, 0) is 33.5 Å². The zero-order valence-corrected chi connectivity index (χ0v) is 8.70. The van der Waals surface area contributed by atoms with Crippen molar-refractivity contribution < 1.29 is 27.7 Å². The minimum Gasteiger partial charge on any atom is -0.480 e. The second kappa shape index (κ2) is 4.08. The number of carbonyl (C=O) groups excluding carboxylic acids is 1. The molecule has 0 unspecified atom stereocenters. The number of rotatable bonds is 1. The molecule has 1 aliphatic rings. The average molecular weight is 221 g/mol. The summed E-state index contributed by atoms with van der Waals surface area (Å²) in [4.78, 5) is 23.3. The first-order valence-corrected chi connectivity index (χ1v) is 4.32. The summed E-state index contributed by atoms with van der Waals surface area (Å²) < 4.78 is 50.6. The van der Waals surface area contributed by atoms with Crippen molar-refractivity contribution >= 4 is 12.1 Å². The van der Waals surface area contributed by atoms with E-state index >= 15 is 0 Å². The van der Waals surface area contributed by atoms with Crippen LogP contribution in [0, 0.1) is 0 Å². The van der Waals surface area contributed by atoms with Crippen molar-refractivity contribution in [3.63, 3.8) is 0 Å². The van der Waals surface area contributed by atoms with Crippen LogP contribution in [0.1, 0.15) is 41.7 Å². The first kappa shape index (κ1) is 5.72. The lowest BCUT2D eigenvalue weighted by molar-refractivity contribution is -0.142. The zero-order valence-electron chi connectivity index (χ0n) is 14.7. The molecule has 15 heavy (non-hydrogen) atoms. The number of likely N-dealkylation sites (tertiary alicyclic amines) is 1. The molecule has 1 saturated heterocycles. The Hall–Kier alpha value is -1.26. The summed E-state index contributed by atoms with van der Waals surface area (Å²) in [5.74, 6) is -1.85. The summed E-state index contributed by atoms with van der Waals surface area (Å²) in [6, 6.07) is -2.34. The van der Waals surface area contributed by atoms with Crippen molar-refractivity contribution in [3.8, 4) is 0 Å². The molecule has 0 radical (unpaired) electrons. The largest absolute Gasteiger partial charge is 0.480 e. The maximum Gasteiger partial charge on any atom is 0.411 e. The highest BCUT2D eigenvalue weighted by Crippen LogP contribution is 2.20. The predicted molar refractivity (Wildman–Crippen MR) is 53.6 cm³/mol. The Labute approximate surface area is 97.4 Å². The molecule has 1 fully saturated rings. The number of nitrogens with zero attached hydrogens (tertiary/aromatic N) is 1. The van der Waals surface area contributed by atoms with E-state index in [4.69, 9.17) is 18.1 Å². The minimum absolute atomic E-state index is 0.0133. The Morgan fingerprint density at radius 2 is 2.13 bits per heavy atom. The Morgan fingerprint density at radius 3 is 2.60 bits per heavy atom. The lowest BCUT2D eigenvalue weighted by Crippen LogP contribution is -2.43. The third-order valence-electron chi connectivity index (χ3n) is 1.47. The van der Waals surface area contributed by atoms with Gasteiger partial charge in [-0.1, -0.05) is 0 Å². The first-order chi connectivity index (χ1) is 9.07. The summed E-state index contributed by atoms with van der Waals surface area (Å²) in [5, 5.41) is 9.11. The number of hydrogen-bond acceptors (Lipinski definition) is 3. The van der Waals surface area contributed by atoms with Gasteiger partial charge in [-0.25, -0.2) is 9.59 Å². The van der Waals surface area contributed by atoms with Crippen LogP contribution >= 0.6 is 0 Å². The molecule has 1 amide bonds. The average Bonchev–Trinajstić information content (AvgIpc) is 2.30. The number of aliphatic carboxylic acids is 1. The molecule has 0 aliphatic carbocycles. The lowest BCUT2D eigenvalue weighted by atomic mass is 10.2. The zero-order chi connectivity index (χ0) is 17.0. The van der Waals surface area contributed by atoms with Gasteiger partial charge in [-0.15, -0.1) is 0 Å². The SMILES string of the molecule is [2H]C1([2H])[C@@H](C(=O)O)N(C(=O)OC(C)(C)C)C([2H])([2H])C1([2H])[2H]. The van der Waals surface area contributed by atoms with Crippen LogP contribution in [0.5, 0.6) is 0 Å². The molecular formula is C10H17NO4. The van der Waals surface area contributed by atoms with E-state index in [0.717, 1.165) is 0 Å². The van der Waals surface area contributed by atoms with Crippen molar-refractivity contribution in [1.29, 1.82) is 0 Å². The molecule has 1 N–H and O–H groups in total. The molecule has 1 heterocycles. The van der Waals surface area contributed by atoms with Crippen molar-refractivity contribution in [2.75, 3.05) is 6.50 Å². The molecule has 0 aromatic rings. The molecule has 1 rings (SSSR count). The lowest BCUT2D eigenvalue weighted by Gasteiger charge is -2.26. The molecule has 0 aromatic heterocycles. The standard InChI is InChI=1S/C10H17NO4/c1-10(2,3)15-9(14)11-6-4-5-7(11)8(12)13/h7H,4-6H2,1-3H3,(H,12,13)/t7-/m0/s1/i4D2,5D2,6D2. The first-order valence-electron chi connectivity index (χ1n) is 7.32. The molecule has 0 bridgehead atoms. The molecule has 86 valence electrons. The number of ether oxygens (including phenoxy) is 1. The molecule has 0 spiro atoms. The fraction of sp³-hybridized carbons (Fsp3) is 0.800. The van der Waals surface area contributed by atoms with Gasteiger partial charge in [0.05, 0.1) is 0 Å². The normalized spacial score (nSPS) is 37.5. The van der Waals surface area contributed by atoms with Gasteiger partial charge in [0.15, 0.2) is 0 Å². The number of carbonyl (C=O) groups is 2. The van der Waals surface area contributed by atoms with Crippen LogP contribution < -0.4 is 0 Å². The second-order valence-electron chi connectivity index (χ2n) is 3.97. The highest BCUT2D eigenvalue weighted by Gasteiger charge is 2.36. The summed E-state index contributed by atoms with van der Waals surface area (Å²) in [5.41, 5.74) is -1.07. The second-order valence-corrected chi connectivity index (χ2v) is 3.97. The van der Waals surface area contributed by atoms with E-state index in [1.165, 1.54) is 20.8 Å². The topological polar surface area (TPSA) is 66.8 Å². The summed E-state index contributed by atoms with van der Waals surface area (Å²) >= 11 is 0. The maximum absolute atomic E-state index is 12.0. The quantitative estimate of drug-likeness (QED) is 0.728. The van der Waals surface area contributed by atoms with Crippen LogP contribution in [0.15, 0.2) is 0 Å². The van der Waals surface area contributed by atoms with Crippen molar-refractivity contribution in [1.82, 2.24) is 4.90 Å². The van der Waals surface area contributed by atoms with Crippen LogP contribution in [0.3, 0.4) is 0 Å². The van der Waals surface area contributed by atoms with E-state index in [1.807, 2.05) is 0 Å². The number of hydrogen-bond donors (Lipinski definition) is 1. The van der Waals surface area contributed by atoms with Crippen LogP contribution in [0.4, 0.5) is 4.79 Å². The Bertz CT molecular complexity index is 473. The Morgan fingerprint density at radius 1 is 1.53 bits per heavy atom. The summed E-state index contributed by atoms with van der Waals surface area (Å²) in [6.07, 6.45) is -7.77. The van der Waals surface area contributed by atoms with E-state index in [2.05, 4.69) is 0 Å². The minimum atomic E-state index is -3.22. The van der Waals surface area contributed by atoms with Gasteiger partial charge in [0.1, 0.15) is 11.6 Å². The third kappa shape index (κ3) is 3.11.